The van der Waals surface area contributed by atoms with Crippen LogP contribution in [0, 0.1) is 6.92 Å². The maximum atomic E-state index is 10.8. The SMILES string of the molecule is COc1c(C)cccc1NC(C)=O. The van der Waals surface area contributed by atoms with E-state index in [-0.39, 0.29) is 5.91 Å². The van der Waals surface area contributed by atoms with E-state index in [1.54, 1.807) is 7.11 Å². The van der Waals surface area contributed by atoms with Crippen molar-refractivity contribution in [1.29, 1.82) is 0 Å². The van der Waals surface area contributed by atoms with Crippen molar-refractivity contribution in [3.05, 3.63) is 23.8 Å². The second-order valence-corrected chi connectivity index (χ2v) is 2.84. The largest absolute Gasteiger partial charge is 0.494 e. The van der Waals surface area contributed by atoms with Gasteiger partial charge in [0.15, 0.2) is 0 Å². The highest BCUT2D eigenvalue weighted by molar-refractivity contribution is 5.90. The zero-order valence-corrected chi connectivity index (χ0v) is 8.05. The Kier molecular flexibility index (Phi) is 2.90. The molecule has 0 aliphatic carbocycles. The average Bonchev–Trinajstić information content (AvgIpc) is 2.03. The second-order valence-electron chi connectivity index (χ2n) is 2.84. The molecule has 3 nitrogen and oxygen atoms in total. The lowest BCUT2D eigenvalue weighted by Gasteiger charge is -2.10. The normalized spacial score (nSPS) is 9.46. The number of carbonyl (C=O) groups excluding carboxylic acids is 1. The maximum Gasteiger partial charge on any atom is 0.221 e. The van der Waals surface area contributed by atoms with Gasteiger partial charge in [-0.3, -0.25) is 4.79 Å². The maximum absolute atomic E-state index is 10.8. The highest BCUT2D eigenvalue weighted by Gasteiger charge is 2.05. The van der Waals surface area contributed by atoms with Gasteiger partial charge in [0.25, 0.3) is 0 Å². The van der Waals surface area contributed by atoms with Crippen LogP contribution in [-0.2, 0) is 4.79 Å². The summed E-state index contributed by atoms with van der Waals surface area (Å²) in [6.07, 6.45) is 0. The number of carbonyl (C=O) groups is 1. The van der Waals surface area contributed by atoms with Gasteiger partial charge in [0, 0.05) is 6.92 Å². The zero-order chi connectivity index (χ0) is 9.84. The van der Waals surface area contributed by atoms with E-state index in [2.05, 4.69) is 5.32 Å². The minimum absolute atomic E-state index is 0.0936. The Morgan fingerprint density at radius 3 is 2.69 bits per heavy atom. The number of ether oxygens (including phenoxy) is 1. The lowest BCUT2D eigenvalue weighted by molar-refractivity contribution is -0.114. The van der Waals surface area contributed by atoms with E-state index in [0.29, 0.717) is 0 Å². The van der Waals surface area contributed by atoms with E-state index in [1.807, 2.05) is 25.1 Å². The third-order valence-electron chi connectivity index (χ3n) is 1.73. The van der Waals surface area contributed by atoms with Crippen LogP contribution >= 0.6 is 0 Å². The molecule has 70 valence electrons. The molecule has 0 radical (unpaired) electrons. The molecular weight excluding hydrogens is 166 g/mol. The molecule has 0 fully saturated rings. The minimum atomic E-state index is -0.0936. The van der Waals surface area contributed by atoms with E-state index in [0.717, 1.165) is 17.0 Å². The molecule has 0 heterocycles. The van der Waals surface area contributed by atoms with Gasteiger partial charge < -0.3 is 10.1 Å². The molecule has 0 spiro atoms. The van der Waals surface area contributed by atoms with E-state index in [4.69, 9.17) is 4.74 Å². The van der Waals surface area contributed by atoms with E-state index in [1.165, 1.54) is 6.92 Å². The summed E-state index contributed by atoms with van der Waals surface area (Å²) in [4.78, 5) is 10.8. The van der Waals surface area contributed by atoms with Crippen molar-refractivity contribution in [3.8, 4) is 5.75 Å². The summed E-state index contributed by atoms with van der Waals surface area (Å²) in [5.74, 6) is 0.626. The minimum Gasteiger partial charge on any atom is -0.494 e. The molecule has 0 unspecified atom stereocenters. The molecule has 0 saturated carbocycles. The highest BCUT2D eigenvalue weighted by Crippen LogP contribution is 2.27. The summed E-state index contributed by atoms with van der Waals surface area (Å²) in [5.41, 5.74) is 1.73. The number of anilines is 1. The summed E-state index contributed by atoms with van der Waals surface area (Å²) in [6, 6.07) is 5.63. The van der Waals surface area contributed by atoms with Crippen molar-refractivity contribution in [2.24, 2.45) is 0 Å². The number of methoxy groups -OCH3 is 1. The molecule has 0 aliphatic rings. The summed E-state index contributed by atoms with van der Waals surface area (Å²) in [5, 5.41) is 2.70. The second kappa shape index (κ2) is 3.94. The van der Waals surface area contributed by atoms with Gasteiger partial charge in [0.1, 0.15) is 5.75 Å². The predicted molar refractivity (Wildman–Crippen MR) is 52.0 cm³/mol. The number of para-hydroxylation sites is 1. The van der Waals surface area contributed by atoms with Gasteiger partial charge in [0.2, 0.25) is 5.91 Å². The van der Waals surface area contributed by atoms with Crippen molar-refractivity contribution in [2.75, 3.05) is 12.4 Å². The first-order valence-electron chi connectivity index (χ1n) is 4.06. The van der Waals surface area contributed by atoms with Crippen LogP contribution in [0.25, 0.3) is 0 Å². The first kappa shape index (κ1) is 9.58. The average molecular weight is 179 g/mol. The van der Waals surface area contributed by atoms with Crippen LogP contribution in [0.4, 0.5) is 5.69 Å². The molecule has 1 aromatic carbocycles. The summed E-state index contributed by atoms with van der Waals surface area (Å²) in [7, 11) is 1.59. The highest BCUT2D eigenvalue weighted by atomic mass is 16.5. The summed E-state index contributed by atoms with van der Waals surface area (Å²) < 4.78 is 5.16. The fourth-order valence-electron chi connectivity index (χ4n) is 1.21. The molecule has 0 aliphatic heterocycles. The monoisotopic (exact) mass is 179 g/mol. The Hall–Kier alpha value is -1.51. The number of hydrogen-bond acceptors (Lipinski definition) is 2. The van der Waals surface area contributed by atoms with Gasteiger partial charge >= 0.3 is 0 Å². The standard InChI is InChI=1S/C10H13NO2/c1-7-5-4-6-9(10(7)13-3)11-8(2)12/h4-6H,1-3H3,(H,11,12). The van der Waals surface area contributed by atoms with E-state index in [9.17, 15) is 4.79 Å². The number of rotatable bonds is 2. The smallest absolute Gasteiger partial charge is 0.221 e. The molecule has 1 amide bonds. The zero-order valence-electron chi connectivity index (χ0n) is 8.05. The third-order valence-corrected chi connectivity index (χ3v) is 1.73. The Morgan fingerprint density at radius 1 is 1.46 bits per heavy atom. The number of nitrogens with one attached hydrogen (secondary N) is 1. The number of aryl methyl sites for hydroxylation is 1. The van der Waals surface area contributed by atoms with Crippen LogP contribution in [0.5, 0.6) is 5.75 Å². The van der Waals surface area contributed by atoms with Gasteiger partial charge in [0.05, 0.1) is 12.8 Å². The van der Waals surface area contributed by atoms with Crippen LogP contribution in [0.2, 0.25) is 0 Å². The number of benzene rings is 1. The molecule has 0 aromatic heterocycles. The van der Waals surface area contributed by atoms with Crippen LogP contribution < -0.4 is 10.1 Å². The molecule has 0 saturated heterocycles. The van der Waals surface area contributed by atoms with Crippen molar-refractivity contribution in [3.63, 3.8) is 0 Å². The summed E-state index contributed by atoms with van der Waals surface area (Å²) >= 11 is 0. The van der Waals surface area contributed by atoms with Crippen molar-refractivity contribution in [2.45, 2.75) is 13.8 Å². The molecular formula is C10H13NO2. The first-order valence-corrected chi connectivity index (χ1v) is 4.06. The quantitative estimate of drug-likeness (QED) is 0.753. The van der Waals surface area contributed by atoms with Gasteiger partial charge in [-0.2, -0.15) is 0 Å². The molecule has 0 bridgehead atoms. The molecule has 1 rings (SSSR count). The van der Waals surface area contributed by atoms with Crippen molar-refractivity contribution in [1.82, 2.24) is 0 Å². The van der Waals surface area contributed by atoms with E-state index >= 15 is 0 Å². The van der Waals surface area contributed by atoms with E-state index < -0.39 is 0 Å². The van der Waals surface area contributed by atoms with Crippen LogP contribution in [0.1, 0.15) is 12.5 Å². The molecule has 1 N–H and O–H groups in total. The van der Waals surface area contributed by atoms with Crippen molar-refractivity contribution >= 4 is 11.6 Å². The topological polar surface area (TPSA) is 38.3 Å². The Morgan fingerprint density at radius 2 is 2.15 bits per heavy atom. The van der Waals surface area contributed by atoms with Gasteiger partial charge in [-0.15, -0.1) is 0 Å². The first-order chi connectivity index (χ1) is 6.15. The van der Waals surface area contributed by atoms with Gasteiger partial charge in [-0.05, 0) is 18.6 Å². The lowest BCUT2D eigenvalue weighted by atomic mass is 10.2. The van der Waals surface area contributed by atoms with Crippen molar-refractivity contribution < 1.29 is 9.53 Å². The van der Waals surface area contributed by atoms with Crippen LogP contribution in [0.15, 0.2) is 18.2 Å². The Balaban J connectivity index is 3.05. The van der Waals surface area contributed by atoms with Crippen LogP contribution in [0.3, 0.4) is 0 Å². The van der Waals surface area contributed by atoms with Crippen LogP contribution in [-0.4, -0.2) is 13.0 Å². The number of hydrogen-bond donors (Lipinski definition) is 1. The Bertz CT molecular complexity index is 321. The van der Waals surface area contributed by atoms with Gasteiger partial charge in [-0.25, -0.2) is 0 Å². The number of amides is 1. The molecule has 1 aromatic rings. The Labute approximate surface area is 77.7 Å². The van der Waals surface area contributed by atoms with Gasteiger partial charge in [-0.1, -0.05) is 12.1 Å². The fraction of sp³-hybridized carbons (Fsp3) is 0.300. The fourth-order valence-corrected chi connectivity index (χ4v) is 1.21. The molecule has 0 atom stereocenters. The lowest BCUT2D eigenvalue weighted by Crippen LogP contribution is -2.07. The predicted octanol–water partition coefficient (Wildman–Crippen LogP) is 1.96. The third kappa shape index (κ3) is 2.21. The summed E-state index contributed by atoms with van der Waals surface area (Å²) in [6.45, 7) is 3.41. The molecule has 3 heteroatoms. The molecule has 13 heavy (non-hydrogen) atoms.